The van der Waals surface area contributed by atoms with Gasteiger partial charge in [0, 0.05) is 31.6 Å². The lowest BCUT2D eigenvalue weighted by atomic mass is 10.1. The number of benzene rings is 1. The van der Waals surface area contributed by atoms with Crippen LogP contribution >= 0.6 is 35.3 Å². The highest BCUT2D eigenvalue weighted by Gasteiger charge is 2.33. The second-order valence-corrected chi connectivity index (χ2v) is 7.46. The van der Waals surface area contributed by atoms with Gasteiger partial charge in [-0.1, -0.05) is 30.3 Å². The predicted molar refractivity (Wildman–Crippen MR) is 123 cm³/mol. The van der Waals surface area contributed by atoms with Crippen molar-refractivity contribution in [2.75, 3.05) is 20.6 Å². The van der Waals surface area contributed by atoms with Crippen molar-refractivity contribution in [3.8, 4) is 0 Å². The molecule has 0 spiro atoms. The predicted octanol–water partition coefficient (Wildman–Crippen LogP) is 4.36. The molecule has 10 heteroatoms. The fraction of sp³-hybridized carbons (Fsp3) is 0.474. The minimum absolute atomic E-state index is 0. The smallest absolute Gasteiger partial charge is 0.356 e. The first-order valence-corrected chi connectivity index (χ1v) is 9.88. The summed E-state index contributed by atoms with van der Waals surface area (Å²) in [5, 5.41) is 7.58. The minimum Gasteiger partial charge on any atom is -0.356 e. The Bertz CT molecular complexity index is 752. The molecule has 0 radical (unpaired) electrons. The molecule has 29 heavy (non-hydrogen) atoms. The maximum Gasteiger partial charge on any atom is 0.434 e. The largest absolute Gasteiger partial charge is 0.434 e. The molecule has 1 aromatic heterocycles. The van der Waals surface area contributed by atoms with Gasteiger partial charge in [0.15, 0.2) is 11.7 Å². The number of thiazole rings is 1. The Balaban J connectivity index is 0.00000420. The van der Waals surface area contributed by atoms with Crippen LogP contribution in [0.5, 0.6) is 0 Å². The summed E-state index contributed by atoms with van der Waals surface area (Å²) in [5.41, 5.74) is 0.413. The highest BCUT2D eigenvalue weighted by Crippen LogP contribution is 2.29. The number of nitrogens with one attached hydrogen (secondary N) is 2. The summed E-state index contributed by atoms with van der Waals surface area (Å²) < 4.78 is 37.8. The van der Waals surface area contributed by atoms with E-state index in [0.717, 1.165) is 29.7 Å². The maximum absolute atomic E-state index is 12.6. The first-order valence-electron chi connectivity index (χ1n) is 9.00. The highest BCUT2D eigenvalue weighted by molar-refractivity contribution is 14.0. The van der Waals surface area contributed by atoms with Crippen LogP contribution in [0, 0.1) is 0 Å². The number of nitrogens with zero attached hydrogens (tertiary/aromatic N) is 3. The molecular formula is C19H27F3IN5S. The molecule has 0 bridgehead atoms. The quantitative estimate of drug-likeness (QED) is 0.297. The number of guanidine groups is 1. The van der Waals surface area contributed by atoms with Gasteiger partial charge in [-0.15, -0.1) is 35.3 Å². The van der Waals surface area contributed by atoms with E-state index in [1.165, 1.54) is 5.56 Å². The monoisotopic (exact) mass is 541 g/mol. The van der Waals surface area contributed by atoms with Crippen molar-refractivity contribution < 1.29 is 13.2 Å². The molecule has 162 valence electrons. The van der Waals surface area contributed by atoms with E-state index in [0.29, 0.717) is 23.6 Å². The zero-order valence-corrected chi connectivity index (χ0v) is 19.8. The van der Waals surface area contributed by atoms with Crippen LogP contribution in [-0.2, 0) is 19.3 Å². The molecule has 1 unspecified atom stereocenters. The highest BCUT2D eigenvalue weighted by atomic mass is 127. The third-order valence-electron chi connectivity index (χ3n) is 4.35. The van der Waals surface area contributed by atoms with Gasteiger partial charge in [-0.3, -0.25) is 9.89 Å². The standard InChI is InChI=1S/C19H26F3N5S.HI/c1-14(27(3)12-15-7-5-4-6-8-15)9-10-24-18(23-2)25-11-17-26-16(13-28-17)19(20,21)22;/h4-8,13-14H,9-12H2,1-3H3,(H2,23,24,25);1H. The van der Waals surface area contributed by atoms with E-state index in [2.05, 4.69) is 51.6 Å². The Labute approximate surface area is 190 Å². The molecule has 5 nitrogen and oxygen atoms in total. The second kappa shape index (κ2) is 12.3. The van der Waals surface area contributed by atoms with Crippen molar-refractivity contribution in [1.82, 2.24) is 20.5 Å². The molecule has 0 saturated carbocycles. The number of aliphatic imine (C=N–C) groups is 1. The van der Waals surface area contributed by atoms with E-state index in [1.54, 1.807) is 7.05 Å². The number of alkyl halides is 3. The van der Waals surface area contributed by atoms with Crippen LogP contribution in [0.2, 0.25) is 0 Å². The Kier molecular flexibility index (Phi) is 10.9. The summed E-state index contributed by atoms with van der Waals surface area (Å²) >= 11 is 0.979. The Morgan fingerprint density at radius 3 is 2.52 bits per heavy atom. The maximum atomic E-state index is 12.6. The van der Waals surface area contributed by atoms with Crippen molar-refractivity contribution in [2.45, 2.75) is 38.7 Å². The van der Waals surface area contributed by atoms with Crippen LogP contribution in [0.25, 0.3) is 0 Å². The minimum atomic E-state index is -4.41. The Morgan fingerprint density at radius 1 is 1.24 bits per heavy atom. The van der Waals surface area contributed by atoms with Gasteiger partial charge in [0.2, 0.25) is 0 Å². The average molecular weight is 541 g/mol. The van der Waals surface area contributed by atoms with Crippen LogP contribution < -0.4 is 10.6 Å². The number of aromatic nitrogens is 1. The van der Waals surface area contributed by atoms with Gasteiger partial charge >= 0.3 is 6.18 Å². The molecule has 1 aromatic carbocycles. The van der Waals surface area contributed by atoms with Crippen LogP contribution in [0.15, 0.2) is 40.7 Å². The SMILES string of the molecule is CN=C(NCCC(C)N(C)Cc1ccccc1)NCc1nc(C(F)(F)F)cs1.I. The first kappa shape index (κ1) is 25.6. The van der Waals surface area contributed by atoms with Crippen LogP contribution in [0.3, 0.4) is 0 Å². The molecular weight excluding hydrogens is 514 g/mol. The van der Waals surface area contributed by atoms with Gasteiger partial charge in [0.05, 0.1) is 6.54 Å². The van der Waals surface area contributed by atoms with Gasteiger partial charge < -0.3 is 10.6 Å². The van der Waals surface area contributed by atoms with Crippen molar-refractivity contribution in [3.63, 3.8) is 0 Å². The van der Waals surface area contributed by atoms with Gasteiger partial charge in [-0.25, -0.2) is 4.98 Å². The number of hydrogen-bond acceptors (Lipinski definition) is 4. The lowest BCUT2D eigenvalue weighted by Crippen LogP contribution is -2.39. The number of hydrogen-bond donors (Lipinski definition) is 2. The molecule has 0 fully saturated rings. The summed E-state index contributed by atoms with van der Waals surface area (Å²) in [4.78, 5) is 9.98. The molecule has 0 saturated heterocycles. The molecule has 2 aromatic rings. The first-order chi connectivity index (χ1) is 13.3. The number of rotatable bonds is 8. The fourth-order valence-corrected chi connectivity index (χ4v) is 3.29. The van der Waals surface area contributed by atoms with Gasteiger partial charge in [-0.05, 0) is 26.0 Å². The summed E-state index contributed by atoms with van der Waals surface area (Å²) in [6, 6.07) is 10.6. The summed E-state index contributed by atoms with van der Waals surface area (Å²) in [6.07, 6.45) is -3.50. The summed E-state index contributed by atoms with van der Waals surface area (Å²) in [6.45, 7) is 3.94. The van der Waals surface area contributed by atoms with E-state index in [-0.39, 0.29) is 30.5 Å². The van der Waals surface area contributed by atoms with Crippen LogP contribution in [-0.4, -0.2) is 42.5 Å². The van der Waals surface area contributed by atoms with Crippen LogP contribution in [0.4, 0.5) is 13.2 Å². The zero-order chi connectivity index (χ0) is 20.6. The summed E-state index contributed by atoms with van der Waals surface area (Å²) in [5.74, 6) is 0.543. The lowest BCUT2D eigenvalue weighted by molar-refractivity contribution is -0.140. The molecule has 0 amide bonds. The fourth-order valence-electron chi connectivity index (χ4n) is 2.55. The molecule has 0 aliphatic rings. The van der Waals surface area contributed by atoms with E-state index < -0.39 is 11.9 Å². The molecule has 0 aliphatic carbocycles. The van der Waals surface area contributed by atoms with Crippen LogP contribution in [0.1, 0.15) is 29.6 Å². The van der Waals surface area contributed by atoms with E-state index in [9.17, 15) is 13.2 Å². The van der Waals surface area contributed by atoms with Crippen molar-refractivity contribution in [1.29, 1.82) is 0 Å². The van der Waals surface area contributed by atoms with Gasteiger partial charge in [0.25, 0.3) is 0 Å². The average Bonchev–Trinajstić information content (AvgIpc) is 3.14. The topological polar surface area (TPSA) is 52.6 Å². The summed E-state index contributed by atoms with van der Waals surface area (Å²) in [7, 11) is 3.72. The van der Waals surface area contributed by atoms with Crippen molar-refractivity contribution >= 4 is 41.3 Å². The van der Waals surface area contributed by atoms with Gasteiger partial charge in [0.1, 0.15) is 5.01 Å². The van der Waals surface area contributed by atoms with E-state index in [4.69, 9.17) is 0 Å². The second-order valence-electron chi connectivity index (χ2n) is 6.52. The number of halogens is 4. The molecule has 0 aliphatic heterocycles. The van der Waals surface area contributed by atoms with Crippen molar-refractivity contribution in [3.05, 3.63) is 52.0 Å². The third-order valence-corrected chi connectivity index (χ3v) is 5.20. The van der Waals surface area contributed by atoms with Crippen molar-refractivity contribution in [2.24, 2.45) is 4.99 Å². The van der Waals surface area contributed by atoms with Gasteiger partial charge in [-0.2, -0.15) is 13.2 Å². The third kappa shape index (κ3) is 8.87. The normalized spacial score (nSPS) is 13.1. The molecule has 1 heterocycles. The van der Waals surface area contributed by atoms with E-state index >= 15 is 0 Å². The molecule has 1 atom stereocenters. The Morgan fingerprint density at radius 2 is 1.93 bits per heavy atom. The van der Waals surface area contributed by atoms with E-state index in [1.807, 2.05) is 18.2 Å². The lowest BCUT2D eigenvalue weighted by Gasteiger charge is -2.25. The molecule has 2 rings (SSSR count). The Hall–Kier alpha value is -1.40. The molecule has 2 N–H and O–H groups in total. The zero-order valence-electron chi connectivity index (χ0n) is 16.7.